The molecule has 0 radical (unpaired) electrons. The number of rotatable bonds is 7. The minimum Gasteiger partial charge on any atom is -0.489 e. The van der Waals surface area contributed by atoms with Crippen LogP contribution in [0.2, 0.25) is 0 Å². The van der Waals surface area contributed by atoms with Crippen LogP contribution in [0.4, 0.5) is 4.39 Å². The molecule has 0 saturated carbocycles. The molecule has 0 bridgehead atoms. The van der Waals surface area contributed by atoms with E-state index < -0.39 is 11.8 Å². The van der Waals surface area contributed by atoms with Crippen LogP contribution in [-0.2, 0) is 22.8 Å². The van der Waals surface area contributed by atoms with Crippen molar-refractivity contribution in [3.63, 3.8) is 0 Å². The van der Waals surface area contributed by atoms with Gasteiger partial charge in [-0.2, -0.15) is 0 Å². The van der Waals surface area contributed by atoms with Gasteiger partial charge in [0.15, 0.2) is 6.21 Å². The highest BCUT2D eigenvalue weighted by atomic mass is 19.1. The standard InChI is InChI=1S/C17H16FNO4/c1-12-5-2-3-8-16(12)22-10-13-6-4-7-15(18)14(13)11-23-19-9-17(20)21/h2-9H,10-11H2,1H3,(H,20,21). The van der Waals surface area contributed by atoms with E-state index in [4.69, 9.17) is 14.7 Å². The Morgan fingerprint density at radius 1 is 1.22 bits per heavy atom. The summed E-state index contributed by atoms with van der Waals surface area (Å²) in [7, 11) is 0. The summed E-state index contributed by atoms with van der Waals surface area (Å²) in [5, 5.41) is 11.7. The monoisotopic (exact) mass is 317 g/mol. The molecule has 1 N–H and O–H groups in total. The molecule has 5 nitrogen and oxygen atoms in total. The molecule has 0 unspecified atom stereocenters. The second kappa shape index (κ2) is 7.93. The smallest absolute Gasteiger partial charge is 0.350 e. The Balaban J connectivity index is 2.08. The van der Waals surface area contributed by atoms with Crippen molar-refractivity contribution in [3.8, 4) is 5.75 Å². The van der Waals surface area contributed by atoms with Crippen molar-refractivity contribution in [3.05, 3.63) is 65.0 Å². The normalized spacial score (nSPS) is 10.7. The van der Waals surface area contributed by atoms with Gasteiger partial charge < -0.3 is 14.7 Å². The first-order valence-electron chi connectivity index (χ1n) is 6.91. The molecular formula is C17H16FNO4. The third kappa shape index (κ3) is 4.81. The molecule has 23 heavy (non-hydrogen) atoms. The highest BCUT2D eigenvalue weighted by molar-refractivity contribution is 6.21. The Kier molecular flexibility index (Phi) is 5.68. The molecule has 0 spiro atoms. The summed E-state index contributed by atoms with van der Waals surface area (Å²) >= 11 is 0. The quantitative estimate of drug-likeness (QED) is 0.628. The van der Waals surface area contributed by atoms with Gasteiger partial charge in [0.2, 0.25) is 0 Å². The van der Waals surface area contributed by atoms with Gasteiger partial charge >= 0.3 is 5.97 Å². The minimum atomic E-state index is -1.23. The largest absolute Gasteiger partial charge is 0.489 e. The van der Waals surface area contributed by atoms with Crippen LogP contribution in [0.3, 0.4) is 0 Å². The van der Waals surface area contributed by atoms with Crippen molar-refractivity contribution in [2.24, 2.45) is 5.16 Å². The highest BCUT2D eigenvalue weighted by Gasteiger charge is 2.10. The Bertz CT molecular complexity index is 715. The molecule has 2 aromatic rings. The third-order valence-corrected chi connectivity index (χ3v) is 3.14. The van der Waals surface area contributed by atoms with E-state index in [-0.39, 0.29) is 18.8 Å². The summed E-state index contributed by atoms with van der Waals surface area (Å²) in [5.74, 6) is -0.976. The molecule has 0 amide bonds. The van der Waals surface area contributed by atoms with Crippen LogP contribution in [0.15, 0.2) is 47.6 Å². The van der Waals surface area contributed by atoms with Crippen LogP contribution >= 0.6 is 0 Å². The van der Waals surface area contributed by atoms with E-state index in [1.165, 1.54) is 6.07 Å². The molecule has 120 valence electrons. The van der Waals surface area contributed by atoms with E-state index in [1.54, 1.807) is 12.1 Å². The van der Waals surface area contributed by atoms with Gasteiger partial charge in [-0.1, -0.05) is 35.5 Å². The number of aliphatic carboxylic acids is 1. The van der Waals surface area contributed by atoms with Gasteiger partial charge in [0.25, 0.3) is 0 Å². The SMILES string of the molecule is Cc1ccccc1OCc1cccc(F)c1CON=CC(=O)O. The van der Waals surface area contributed by atoms with Crippen molar-refractivity contribution in [2.75, 3.05) is 0 Å². The molecule has 0 aliphatic heterocycles. The summed E-state index contributed by atoms with van der Waals surface area (Å²) < 4.78 is 19.6. The van der Waals surface area contributed by atoms with Crippen LogP contribution in [-0.4, -0.2) is 17.3 Å². The number of para-hydroxylation sites is 1. The van der Waals surface area contributed by atoms with E-state index in [0.717, 1.165) is 5.56 Å². The number of carboxylic acids is 1. The maximum absolute atomic E-state index is 13.9. The molecule has 2 rings (SSSR count). The number of oxime groups is 1. The summed E-state index contributed by atoms with van der Waals surface area (Å²) in [4.78, 5) is 15.1. The van der Waals surface area contributed by atoms with Crippen molar-refractivity contribution in [2.45, 2.75) is 20.1 Å². The molecular weight excluding hydrogens is 301 g/mol. The number of hydrogen-bond acceptors (Lipinski definition) is 4. The first-order valence-corrected chi connectivity index (χ1v) is 6.91. The second-order valence-corrected chi connectivity index (χ2v) is 4.78. The molecule has 2 aromatic carbocycles. The van der Waals surface area contributed by atoms with E-state index in [1.807, 2.05) is 31.2 Å². The second-order valence-electron chi connectivity index (χ2n) is 4.78. The van der Waals surface area contributed by atoms with Crippen molar-refractivity contribution in [1.29, 1.82) is 0 Å². The van der Waals surface area contributed by atoms with Crippen LogP contribution in [0.25, 0.3) is 0 Å². The Hall–Kier alpha value is -2.89. The Morgan fingerprint density at radius 3 is 2.74 bits per heavy atom. The minimum absolute atomic E-state index is 0.171. The fourth-order valence-corrected chi connectivity index (χ4v) is 1.96. The lowest BCUT2D eigenvalue weighted by atomic mass is 10.1. The molecule has 0 heterocycles. The van der Waals surface area contributed by atoms with Crippen LogP contribution in [0.1, 0.15) is 16.7 Å². The summed E-state index contributed by atoms with van der Waals surface area (Å²) in [5.41, 5.74) is 1.87. The fourth-order valence-electron chi connectivity index (χ4n) is 1.96. The van der Waals surface area contributed by atoms with Crippen molar-refractivity contribution in [1.82, 2.24) is 0 Å². The molecule has 0 saturated heterocycles. The predicted octanol–water partition coefficient (Wildman–Crippen LogP) is 3.30. The molecule has 0 aromatic heterocycles. The lowest BCUT2D eigenvalue weighted by Crippen LogP contribution is -2.05. The predicted molar refractivity (Wildman–Crippen MR) is 82.8 cm³/mol. The fraction of sp³-hybridized carbons (Fsp3) is 0.176. The number of halogens is 1. The lowest BCUT2D eigenvalue weighted by Gasteiger charge is -2.12. The zero-order chi connectivity index (χ0) is 16.7. The number of benzene rings is 2. The zero-order valence-electron chi connectivity index (χ0n) is 12.5. The highest BCUT2D eigenvalue weighted by Crippen LogP contribution is 2.21. The molecule has 6 heteroatoms. The Labute approximate surface area is 133 Å². The number of hydrogen-bond donors (Lipinski definition) is 1. The number of carboxylic acid groups (broad SMARTS) is 1. The summed E-state index contributed by atoms with van der Waals surface area (Å²) in [6, 6.07) is 12.1. The van der Waals surface area contributed by atoms with E-state index in [9.17, 15) is 9.18 Å². The van der Waals surface area contributed by atoms with Gasteiger partial charge in [0.05, 0.1) is 0 Å². The average molecular weight is 317 g/mol. The number of carbonyl (C=O) groups is 1. The first-order chi connectivity index (χ1) is 11.1. The maximum Gasteiger partial charge on any atom is 0.350 e. The topological polar surface area (TPSA) is 68.1 Å². The summed E-state index contributed by atoms with van der Waals surface area (Å²) in [6.45, 7) is 1.92. The lowest BCUT2D eigenvalue weighted by molar-refractivity contribution is -0.129. The number of aryl methyl sites for hydroxylation is 1. The van der Waals surface area contributed by atoms with Gasteiger partial charge in [0.1, 0.15) is 24.8 Å². The van der Waals surface area contributed by atoms with Gasteiger partial charge in [0, 0.05) is 5.56 Å². The molecule has 0 fully saturated rings. The number of nitrogens with zero attached hydrogens (tertiary/aromatic N) is 1. The Morgan fingerprint density at radius 2 is 2.00 bits per heavy atom. The van der Waals surface area contributed by atoms with Gasteiger partial charge in [-0.15, -0.1) is 0 Å². The van der Waals surface area contributed by atoms with Crippen LogP contribution < -0.4 is 4.74 Å². The van der Waals surface area contributed by atoms with Gasteiger partial charge in [-0.3, -0.25) is 0 Å². The van der Waals surface area contributed by atoms with Crippen molar-refractivity contribution >= 4 is 12.2 Å². The molecule has 0 aliphatic carbocycles. The number of ether oxygens (including phenoxy) is 1. The van der Waals surface area contributed by atoms with E-state index >= 15 is 0 Å². The van der Waals surface area contributed by atoms with Crippen LogP contribution in [0.5, 0.6) is 5.75 Å². The average Bonchev–Trinajstić information content (AvgIpc) is 2.52. The van der Waals surface area contributed by atoms with Crippen LogP contribution in [0, 0.1) is 12.7 Å². The van der Waals surface area contributed by atoms with E-state index in [0.29, 0.717) is 17.5 Å². The van der Waals surface area contributed by atoms with Gasteiger partial charge in [-0.25, -0.2) is 9.18 Å². The summed E-state index contributed by atoms with van der Waals surface area (Å²) in [6.07, 6.45) is 0.602. The molecule has 0 atom stereocenters. The maximum atomic E-state index is 13.9. The third-order valence-electron chi connectivity index (χ3n) is 3.14. The van der Waals surface area contributed by atoms with Gasteiger partial charge in [-0.05, 0) is 30.2 Å². The van der Waals surface area contributed by atoms with E-state index in [2.05, 4.69) is 5.16 Å². The van der Waals surface area contributed by atoms with Crippen molar-refractivity contribution < 1.29 is 23.9 Å². The zero-order valence-corrected chi connectivity index (χ0v) is 12.5. The molecule has 0 aliphatic rings. The first kappa shape index (κ1) is 16.5.